The van der Waals surface area contributed by atoms with E-state index in [1.165, 1.54) is 75.5 Å². The molecule has 1 spiro atoms. The molecule has 0 atom stereocenters. The first-order valence-corrected chi connectivity index (χ1v) is 13.4. The highest BCUT2D eigenvalue weighted by atomic mass is 19.4. The van der Waals surface area contributed by atoms with E-state index in [0.717, 1.165) is 18.5 Å². The van der Waals surface area contributed by atoms with Crippen LogP contribution in [0.3, 0.4) is 0 Å². The van der Waals surface area contributed by atoms with Gasteiger partial charge in [0.25, 0.3) is 0 Å². The number of carboxylic acid groups (broad SMARTS) is 2. The summed E-state index contributed by atoms with van der Waals surface area (Å²) in [5.41, 5.74) is 3.29. The predicted molar refractivity (Wildman–Crippen MR) is 135 cm³/mol. The molecule has 0 aromatic carbocycles. The van der Waals surface area contributed by atoms with Gasteiger partial charge in [0.1, 0.15) is 5.82 Å². The molecule has 40 heavy (non-hydrogen) atoms. The van der Waals surface area contributed by atoms with Crippen molar-refractivity contribution in [1.29, 1.82) is 0 Å². The molecule has 1 aliphatic carbocycles. The normalized spacial score (nSPS) is 19.8. The van der Waals surface area contributed by atoms with Crippen molar-refractivity contribution in [3.8, 4) is 0 Å². The number of rotatable bonds is 4. The van der Waals surface area contributed by atoms with Crippen LogP contribution in [0.1, 0.15) is 83.1 Å². The maximum Gasteiger partial charge on any atom is 0.490 e. The summed E-state index contributed by atoms with van der Waals surface area (Å²) in [6.07, 6.45) is -3.37. The van der Waals surface area contributed by atoms with Gasteiger partial charge in [-0.05, 0) is 65.5 Å². The number of carbonyl (C=O) groups is 2. The number of hydrogen-bond donors (Lipinski definition) is 2. The molecule has 1 saturated heterocycles. The highest BCUT2D eigenvalue weighted by molar-refractivity contribution is 5.73. The van der Waals surface area contributed by atoms with Crippen molar-refractivity contribution in [2.45, 2.75) is 103 Å². The molecule has 0 bridgehead atoms. The van der Waals surface area contributed by atoms with Crippen molar-refractivity contribution >= 4 is 11.9 Å². The number of aromatic nitrogens is 2. The SMILES string of the molecule is Cc1nc2c(n1C(C)C)CN(C1CCC1)CC21CCN(CC(C)C)CC1.O=C(O)C(F)(F)F.O=C(O)C(F)(F)F. The van der Waals surface area contributed by atoms with E-state index in [1.807, 2.05) is 0 Å². The van der Waals surface area contributed by atoms with Crippen molar-refractivity contribution < 1.29 is 46.1 Å². The van der Waals surface area contributed by atoms with Crippen LogP contribution in [0.15, 0.2) is 0 Å². The Balaban J connectivity index is 0.000000333. The first-order valence-electron chi connectivity index (χ1n) is 13.4. The number of hydrogen-bond acceptors (Lipinski definition) is 5. The molecule has 14 heteroatoms. The van der Waals surface area contributed by atoms with E-state index >= 15 is 0 Å². The van der Waals surface area contributed by atoms with Crippen molar-refractivity contribution in [3.05, 3.63) is 17.2 Å². The summed E-state index contributed by atoms with van der Waals surface area (Å²) >= 11 is 0. The molecule has 0 unspecified atom stereocenters. The average Bonchev–Trinajstić information content (AvgIpc) is 3.10. The maximum absolute atomic E-state index is 10.6. The molecule has 2 N–H and O–H groups in total. The van der Waals surface area contributed by atoms with Crippen LogP contribution in [-0.4, -0.2) is 86.1 Å². The highest BCUT2D eigenvalue weighted by Gasteiger charge is 2.47. The second-order valence-electron chi connectivity index (χ2n) is 11.5. The number of alkyl halides is 6. The molecule has 1 aromatic rings. The summed E-state index contributed by atoms with van der Waals surface area (Å²) in [7, 11) is 0. The Kier molecular flexibility index (Phi) is 11.1. The zero-order valence-corrected chi connectivity index (χ0v) is 23.6. The van der Waals surface area contributed by atoms with E-state index < -0.39 is 24.3 Å². The second kappa shape index (κ2) is 13.1. The lowest BCUT2D eigenvalue weighted by Gasteiger charge is -2.50. The van der Waals surface area contributed by atoms with E-state index in [2.05, 4.69) is 49.0 Å². The van der Waals surface area contributed by atoms with Gasteiger partial charge in [-0.1, -0.05) is 20.3 Å². The lowest BCUT2D eigenvalue weighted by atomic mass is 9.71. The first-order chi connectivity index (χ1) is 18.3. The van der Waals surface area contributed by atoms with Crippen LogP contribution in [0.25, 0.3) is 0 Å². The minimum absolute atomic E-state index is 0.293. The zero-order valence-electron chi connectivity index (χ0n) is 23.6. The van der Waals surface area contributed by atoms with Gasteiger partial charge in [-0.15, -0.1) is 0 Å². The number of halogens is 6. The molecular formula is C26H40F6N4O4. The fraction of sp³-hybridized carbons (Fsp3) is 0.808. The summed E-state index contributed by atoms with van der Waals surface area (Å²) in [6.45, 7) is 17.6. The van der Waals surface area contributed by atoms with Crippen molar-refractivity contribution in [2.75, 3.05) is 26.2 Å². The van der Waals surface area contributed by atoms with Crippen molar-refractivity contribution in [1.82, 2.24) is 19.4 Å². The third kappa shape index (κ3) is 8.58. The number of nitrogens with zero attached hydrogens (tertiary/aromatic N) is 4. The summed E-state index contributed by atoms with van der Waals surface area (Å²) in [5.74, 6) is -3.52. The van der Waals surface area contributed by atoms with Gasteiger partial charge in [-0.2, -0.15) is 26.3 Å². The highest BCUT2D eigenvalue weighted by Crippen LogP contribution is 2.44. The molecule has 3 heterocycles. The number of likely N-dealkylation sites (tertiary alicyclic amines) is 1. The Bertz CT molecular complexity index is 986. The topological polar surface area (TPSA) is 98.9 Å². The molecule has 230 valence electrons. The molecule has 2 fully saturated rings. The lowest BCUT2D eigenvalue weighted by Crippen LogP contribution is -2.55. The van der Waals surface area contributed by atoms with Gasteiger partial charge in [0.15, 0.2) is 0 Å². The van der Waals surface area contributed by atoms with Gasteiger partial charge in [0.2, 0.25) is 0 Å². The van der Waals surface area contributed by atoms with Crippen LogP contribution < -0.4 is 0 Å². The van der Waals surface area contributed by atoms with Crippen molar-refractivity contribution in [2.24, 2.45) is 5.92 Å². The molecule has 1 aromatic heterocycles. The minimum atomic E-state index is -5.08. The lowest BCUT2D eigenvalue weighted by molar-refractivity contribution is -0.193. The third-order valence-corrected chi connectivity index (χ3v) is 7.58. The number of fused-ring (bicyclic) bond motifs is 2. The van der Waals surface area contributed by atoms with Gasteiger partial charge in [-0.3, -0.25) is 4.90 Å². The van der Waals surface area contributed by atoms with E-state index in [9.17, 15) is 26.3 Å². The Morgan fingerprint density at radius 1 is 0.975 bits per heavy atom. The molecular weight excluding hydrogens is 546 g/mol. The average molecular weight is 587 g/mol. The number of aryl methyl sites for hydroxylation is 1. The van der Waals surface area contributed by atoms with E-state index in [1.54, 1.807) is 0 Å². The number of imidazole rings is 1. The number of aliphatic carboxylic acids is 2. The van der Waals surface area contributed by atoms with Gasteiger partial charge >= 0.3 is 24.3 Å². The van der Waals surface area contributed by atoms with Crippen LogP contribution in [0.2, 0.25) is 0 Å². The third-order valence-electron chi connectivity index (χ3n) is 7.58. The Morgan fingerprint density at radius 3 is 1.80 bits per heavy atom. The van der Waals surface area contributed by atoms with Gasteiger partial charge in [0, 0.05) is 37.1 Å². The predicted octanol–water partition coefficient (Wildman–Crippen LogP) is 5.40. The van der Waals surface area contributed by atoms with Crippen molar-refractivity contribution in [3.63, 3.8) is 0 Å². The summed E-state index contributed by atoms with van der Waals surface area (Å²) in [5, 5.41) is 14.2. The first kappa shape index (κ1) is 33.9. The van der Waals surface area contributed by atoms with Gasteiger partial charge in [0.05, 0.1) is 11.4 Å². The molecule has 4 rings (SSSR count). The summed E-state index contributed by atoms with van der Waals surface area (Å²) in [6, 6.07) is 1.33. The van der Waals surface area contributed by atoms with Crippen LogP contribution >= 0.6 is 0 Å². The van der Waals surface area contributed by atoms with E-state index in [0.29, 0.717) is 11.5 Å². The summed E-state index contributed by atoms with van der Waals surface area (Å²) in [4.78, 5) is 28.5. The van der Waals surface area contributed by atoms with Crippen LogP contribution in [-0.2, 0) is 21.5 Å². The fourth-order valence-corrected chi connectivity index (χ4v) is 5.65. The summed E-state index contributed by atoms with van der Waals surface area (Å²) < 4.78 is 66.0. The van der Waals surface area contributed by atoms with Gasteiger partial charge < -0.3 is 19.7 Å². The molecule has 0 radical (unpaired) electrons. The minimum Gasteiger partial charge on any atom is -0.475 e. The van der Waals surface area contributed by atoms with E-state index in [4.69, 9.17) is 24.8 Å². The monoisotopic (exact) mass is 586 g/mol. The maximum atomic E-state index is 10.6. The quantitative estimate of drug-likeness (QED) is 0.456. The Morgan fingerprint density at radius 2 is 1.45 bits per heavy atom. The molecule has 1 saturated carbocycles. The van der Waals surface area contributed by atoms with E-state index in [-0.39, 0.29) is 0 Å². The number of piperidine rings is 1. The standard InChI is InChI=1S/C22H38N4.2C2HF3O2/c1-16(2)13-24-11-9-22(10-12-24)15-25(19-7-6-8-19)14-20-21(22)23-18(5)26(20)17(3)4;2*3-2(4,5)1(6)7/h16-17,19H,6-15H2,1-5H3;2*(H,6,7). The molecule has 2 aliphatic heterocycles. The van der Waals surface area contributed by atoms with Crippen LogP contribution in [0.4, 0.5) is 26.3 Å². The van der Waals surface area contributed by atoms with Gasteiger partial charge in [-0.25, -0.2) is 14.6 Å². The zero-order chi connectivity index (χ0) is 30.6. The smallest absolute Gasteiger partial charge is 0.475 e. The fourth-order valence-electron chi connectivity index (χ4n) is 5.65. The van der Waals surface area contributed by atoms with Crippen LogP contribution in [0.5, 0.6) is 0 Å². The molecule has 0 amide bonds. The molecule has 3 aliphatic rings. The largest absolute Gasteiger partial charge is 0.490 e. The number of carboxylic acids is 2. The van der Waals surface area contributed by atoms with Crippen LogP contribution in [0, 0.1) is 12.8 Å². The Hall–Kier alpha value is -2.35. The molecule has 8 nitrogen and oxygen atoms in total. The second-order valence-corrected chi connectivity index (χ2v) is 11.5. The Labute approximate surface area is 230 Å².